The molecule has 1 heterocycles. The van der Waals surface area contributed by atoms with Gasteiger partial charge in [-0.15, -0.1) is 0 Å². The first-order chi connectivity index (χ1) is 10.1. The maximum Gasteiger partial charge on any atom is 0.249 e. The molecule has 1 aromatic carbocycles. The molecule has 1 atom stereocenters. The molecule has 0 spiro atoms. The number of halogens is 1. The van der Waals surface area contributed by atoms with Crippen LogP contribution >= 0.6 is 12.2 Å². The van der Waals surface area contributed by atoms with Crippen molar-refractivity contribution in [3.05, 3.63) is 36.0 Å². The first kappa shape index (κ1) is 13.9. The van der Waals surface area contributed by atoms with Crippen molar-refractivity contribution in [2.75, 3.05) is 0 Å². The lowest BCUT2D eigenvalue weighted by molar-refractivity contribution is 0.353. The van der Waals surface area contributed by atoms with E-state index in [-0.39, 0.29) is 11.9 Å². The smallest absolute Gasteiger partial charge is 0.249 e. The summed E-state index contributed by atoms with van der Waals surface area (Å²) in [7, 11) is 0. The van der Waals surface area contributed by atoms with Gasteiger partial charge in [-0.2, -0.15) is 4.98 Å². The molecular formula is C14H15FN4OS. The number of nitrogens with zero attached hydrogens (tertiary/aromatic N) is 2. The van der Waals surface area contributed by atoms with Crippen LogP contribution in [-0.4, -0.2) is 21.3 Å². The van der Waals surface area contributed by atoms with E-state index in [1.165, 1.54) is 12.1 Å². The Morgan fingerprint density at radius 3 is 2.76 bits per heavy atom. The van der Waals surface area contributed by atoms with Gasteiger partial charge in [-0.05, 0) is 56.2 Å². The highest BCUT2D eigenvalue weighted by atomic mass is 32.1. The fraction of sp³-hybridized carbons (Fsp3) is 0.357. The van der Waals surface area contributed by atoms with Gasteiger partial charge in [0.15, 0.2) is 5.11 Å². The van der Waals surface area contributed by atoms with Gasteiger partial charge in [0, 0.05) is 11.6 Å². The molecule has 0 bridgehead atoms. The van der Waals surface area contributed by atoms with Gasteiger partial charge in [0.05, 0.1) is 0 Å². The first-order valence-corrected chi connectivity index (χ1v) is 7.19. The third-order valence-electron chi connectivity index (χ3n) is 3.17. The quantitative estimate of drug-likeness (QED) is 0.847. The summed E-state index contributed by atoms with van der Waals surface area (Å²) in [5, 5.41) is 10.8. The summed E-state index contributed by atoms with van der Waals surface area (Å²) in [6.45, 7) is 1.89. The lowest BCUT2D eigenvalue weighted by Crippen LogP contribution is -2.38. The lowest BCUT2D eigenvalue weighted by Gasteiger charge is -2.13. The summed E-state index contributed by atoms with van der Waals surface area (Å²) in [4.78, 5) is 4.31. The lowest BCUT2D eigenvalue weighted by atomic mass is 10.2. The van der Waals surface area contributed by atoms with Crippen LogP contribution in [0.5, 0.6) is 0 Å². The van der Waals surface area contributed by atoms with E-state index in [9.17, 15) is 4.39 Å². The SMILES string of the molecule is C[C@H](NC(=S)NC1CC1)c1nc(-c2ccc(F)cc2)no1. The van der Waals surface area contributed by atoms with E-state index in [1.54, 1.807) is 12.1 Å². The minimum Gasteiger partial charge on any atom is -0.360 e. The summed E-state index contributed by atoms with van der Waals surface area (Å²) in [6, 6.07) is 6.26. The molecule has 1 saturated carbocycles. The molecule has 0 unspecified atom stereocenters. The highest BCUT2D eigenvalue weighted by Gasteiger charge is 2.23. The third-order valence-corrected chi connectivity index (χ3v) is 3.41. The number of rotatable bonds is 4. The predicted molar refractivity (Wildman–Crippen MR) is 80.0 cm³/mol. The first-order valence-electron chi connectivity index (χ1n) is 6.78. The molecule has 0 amide bonds. The van der Waals surface area contributed by atoms with Gasteiger partial charge in [0.1, 0.15) is 11.9 Å². The van der Waals surface area contributed by atoms with Gasteiger partial charge in [-0.3, -0.25) is 0 Å². The van der Waals surface area contributed by atoms with Crippen LogP contribution < -0.4 is 10.6 Å². The number of thiocarbonyl (C=S) groups is 1. The number of aromatic nitrogens is 2. The Morgan fingerprint density at radius 1 is 1.38 bits per heavy atom. The molecule has 1 aliphatic rings. The van der Waals surface area contributed by atoms with Crippen LogP contribution in [-0.2, 0) is 0 Å². The Morgan fingerprint density at radius 2 is 2.10 bits per heavy atom. The summed E-state index contributed by atoms with van der Waals surface area (Å²) < 4.78 is 18.1. The molecule has 5 nitrogen and oxygen atoms in total. The highest BCUT2D eigenvalue weighted by Crippen LogP contribution is 2.20. The summed E-state index contributed by atoms with van der Waals surface area (Å²) in [6.07, 6.45) is 2.32. The van der Waals surface area contributed by atoms with Crippen LogP contribution in [0.4, 0.5) is 4.39 Å². The fourth-order valence-electron chi connectivity index (χ4n) is 1.84. The molecule has 0 radical (unpaired) electrons. The molecule has 21 heavy (non-hydrogen) atoms. The molecule has 7 heteroatoms. The van der Waals surface area contributed by atoms with Crippen molar-refractivity contribution in [3.63, 3.8) is 0 Å². The van der Waals surface area contributed by atoms with Crippen molar-refractivity contribution in [2.24, 2.45) is 0 Å². The highest BCUT2D eigenvalue weighted by molar-refractivity contribution is 7.80. The minimum atomic E-state index is -0.297. The summed E-state index contributed by atoms with van der Waals surface area (Å²) in [5.41, 5.74) is 0.706. The zero-order valence-corrected chi connectivity index (χ0v) is 12.3. The average Bonchev–Trinajstić information content (AvgIpc) is 3.12. The second kappa shape index (κ2) is 5.77. The Balaban J connectivity index is 1.65. The Hall–Kier alpha value is -2.02. The van der Waals surface area contributed by atoms with E-state index in [0.29, 0.717) is 28.4 Å². The van der Waals surface area contributed by atoms with E-state index in [4.69, 9.17) is 16.7 Å². The Labute approximate surface area is 126 Å². The van der Waals surface area contributed by atoms with E-state index in [0.717, 1.165) is 12.8 Å². The van der Waals surface area contributed by atoms with Crippen LogP contribution in [0.15, 0.2) is 28.8 Å². The van der Waals surface area contributed by atoms with E-state index < -0.39 is 0 Å². The molecular weight excluding hydrogens is 291 g/mol. The monoisotopic (exact) mass is 306 g/mol. The molecule has 110 valence electrons. The van der Waals surface area contributed by atoms with Crippen LogP contribution in [0.25, 0.3) is 11.4 Å². The van der Waals surface area contributed by atoms with Gasteiger partial charge >= 0.3 is 0 Å². The van der Waals surface area contributed by atoms with E-state index in [2.05, 4.69) is 20.8 Å². The largest absolute Gasteiger partial charge is 0.360 e. The van der Waals surface area contributed by atoms with Gasteiger partial charge in [0.2, 0.25) is 11.7 Å². The van der Waals surface area contributed by atoms with E-state index >= 15 is 0 Å². The van der Waals surface area contributed by atoms with Crippen molar-refractivity contribution in [2.45, 2.75) is 31.8 Å². The van der Waals surface area contributed by atoms with Crippen molar-refractivity contribution in [3.8, 4) is 11.4 Å². The van der Waals surface area contributed by atoms with Crippen LogP contribution in [0.2, 0.25) is 0 Å². The summed E-state index contributed by atoms with van der Waals surface area (Å²) in [5.74, 6) is 0.572. The standard InChI is InChI=1S/C14H15FN4OS/c1-8(16-14(21)17-11-6-7-11)13-18-12(19-20-13)9-2-4-10(15)5-3-9/h2-5,8,11H,6-7H2,1H3,(H2,16,17,21)/t8-/m0/s1. The molecule has 2 N–H and O–H groups in total. The Bertz CT molecular complexity index is 639. The van der Waals surface area contributed by atoms with Crippen molar-refractivity contribution >= 4 is 17.3 Å². The maximum absolute atomic E-state index is 12.9. The third kappa shape index (κ3) is 3.55. The maximum atomic E-state index is 12.9. The molecule has 1 fully saturated rings. The van der Waals surface area contributed by atoms with Crippen molar-refractivity contribution < 1.29 is 8.91 Å². The van der Waals surface area contributed by atoms with Crippen molar-refractivity contribution in [1.82, 2.24) is 20.8 Å². The van der Waals surface area contributed by atoms with Crippen molar-refractivity contribution in [1.29, 1.82) is 0 Å². The van der Waals surface area contributed by atoms with Crippen LogP contribution in [0.3, 0.4) is 0 Å². The number of nitrogens with one attached hydrogen (secondary N) is 2. The fourth-order valence-corrected chi connectivity index (χ4v) is 2.18. The number of hydrogen-bond acceptors (Lipinski definition) is 4. The molecule has 0 aliphatic heterocycles. The van der Waals surface area contributed by atoms with E-state index in [1.807, 2.05) is 6.92 Å². The second-order valence-corrected chi connectivity index (χ2v) is 5.49. The Kier molecular flexibility index (Phi) is 3.83. The van der Waals surface area contributed by atoms with Crippen LogP contribution in [0.1, 0.15) is 31.7 Å². The number of hydrogen-bond donors (Lipinski definition) is 2. The summed E-state index contributed by atoms with van der Waals surface area (Å²) >= 11 is 5.21. The predicted octanol–water partition coefficient (Wildman–Crippen LogP) is 2.56. The number of benzene rings is 1. The molecule has 0 saturated heterocycles. The average molecular weight is 306 g/mol. The van der Waals surface area contributed by atoms with Gasteiger partial charge in [-0.25, -0.2) is 4.39 Å². The zero-order valence-electron chi connectivity index (χ0n) is 11.5. The molecule has 2 aromatic rings. The topological polar surface area (TPSA) is 63.0 Å². The second-order valence-electron chi connectivity index (χ2n) is 5.08. The van der Waals surface area contributed by atoms with Gasteiger partial charge in [0.25, 0.3) is 0 Å². The zero-order chi connectivity index (χ0) is 14.8. The molecule has 1 aromatic heterocycles. The minimum absolute atomic E-state index is 0.189. The van der Waals surface area contributed by atoms with Gasteiger partial charge in [-0.1, -0.05) is 5.16 Å². The normalized spacial score (nSPS) is 15.5. The van der Waals surface area contributed by atoms with Crippen LogP contribution in [0, 0.1) is 5.82 Å². The molecule has 3 rings (SSSR count). The van der Waals surface area contributed by atoms with Gasteiger partial charge < -0.3 is 15.2 Å². The molecule has 1 aliphatic carbocycles.